The van der Waals surface area contributed by atoms with E-state index >= 15 is 0 Å². The van der Waals surface area contributed by atoms with Crippen LogP contribution in [0.3, 0.4) is 0 Å². The number of carbonyl (C=O) groups is 2. The smallest absolute Gasteiger partial charge is 0.317 e. The molecule has 1 aromatic carbocycles. The third-order valence-corrected chi connectivity index (χ3v) is 2.71. The second-order valence-electron chi connectivity index (χ2n) is 4.62. The van der Waals surface area contributed by atoms with Crippen molar-refractivity contribution in [3.05, 3.63) is 35.9 Å². The zero-order chi connectivity index (χ0) is 13.5. The van der Waals surface area contributed by atoms with Gasteiger partial charge in [0.05, 0.1) is 6.61 Å². The number of carbonyl (C=O) groups excluding carboxylic acids is 2. The van der Waals surface area contributed by atoms with E-state index in [1.165, 1.54) is 0 Å². The highest BCUT2D eigenvalue weighted by Crippen LogP contribution is 2.19. The summed E-state index contributed by atoms with van der Waals surface area (Å²) in [7, 11) is 0. The highest BCUT2D eigenvalue weighted by molar-refractivity contribution is 6.08. The third kappa shape index (κ3) is 3.69. The molecule has 0 N–H and O–H groups in total. The van der Waals surface area contributed by atoms with E-state index in [0.717, 1.165) is 6.42 Å². The number of ketones is 1. The molecule has 0 aliphatic heterocycles. The molecule has 0 heterocycles. The Morgan fingerprint density at radius 2 is 1.78 bits per heavy atom. The van der Waals surface area contributed by atoms with E-state index in [9.17, 15) is 9.59 Å². The van der Waals surface area contributed by atoms with Gasteiger partial charge in [-0.25, -0.2) is 0 Å². The third-order valence-electron chi connectivity index (χ3n) is 2.71. The Morgan fingerprint density at radius 1 is 1.17 bits per heavy atom. The first kappa shape index (κ1) is 14.4. The highest BCUT2D eigenvalue weighted by atomic mass is 16.5. The maximum Gasteiger partial charge on any atom is 0.317 e. The SMILES string of the molecule is CCCOC(=O)C(C(=O)c1ccccc1)C(C)C. The summed E-state index contributed by atoms with van der Waals surface area (Å²) >= 11 is 0. The van der Waals surface area contributed by atoms with Crippen molar-refractivity contribution in [3.63, 3.8) is 0 Å². The lowest BCUT2D eigenvalue weighted by Crippen LogP contribution is -2.31. The molecule has 1 unspecified atom stereocenters. The van der Waals surface area contributed by atoms with Crippen LogP contribution < -0.4 is 0 Å². The molecule has 0 aliphatic carbocycles. The molecule has 0 saturated carbocycles. The lowest BCUT2D eigenvalue weighted by atomic mass is 9.88. The molecule has 98 valence electrons. The molecular formula is C15H20O3. The number of hydrogen-bond acceptors (Lipinski definition) is 3. The molecule has 0 amide bonds. The Hall–Kier alpha value is -1.64. The lowest BCUT2D eigenvalue weighted by Gasteiger charge is -2.18. The summed E-state index contributed by atoms with van der Waals surface area (Å²) in [5, 5.41) is 0. The van der Waals surface area contributed by atoms with Crippen molar-refractivity contribution in [1.82, 2.24) is 0 Å². The van der Waals surface area contributed by atoms with Crippen LogP contribution in [-0.2, 0) is 9.53 Å². The van der Waals surface area contributed by atoms with Crippen molar-refractivity contribution in [3.8, 4) is 0 Å². The maximum absolute atomic E-state index is 12.3. The molecule has 0 radical (unpaired) electrons. The van der Waals surface area contributed by atoms with E-state index in [0.29, 0.717) is 12.2 Å². The van der Waals surface area contributed by atoms with Gasteiger partial charge in [-0.3, -0.25) is 9.59 Å². The molecular weight excluding hydrogens is 228 g/mol. The number of benzene rings is 1. The van der Waals surface area contributed by atoms with Crippen molar-refractivity contribution >= 4 is 11.8 Å². The van der Waals surface area contributed by atoms with E-state index in [1.807, 2.05) is 26.8 Å². The summed E-state index contributed by atoms with van der Waals surface area (Å²) in [5.74, 6) is -1.35. The van der Waals surface area contributed by atoms with Gasteiger partial charge in [-0.1, -0.05) is 51.1 Å². The molecule has 0 aromatic heterocycles. The van der Waals surface area contributed by atoms with Gasteiger partial charge in [0.25, 0.3) is 0 Å². The van der Waals surface area contributed by atoms with Crippen LogP contribution in [0.4, 0.5) is 0 Å². The van der Waals surface area contributed by atoms with Crippen LogP contribution in [0.5, 0.6) is 0 Å². The van der Waals surface area contributed by atoms with Gasteiger partial charge in [-0.05, 0) is 12.3 Å². The van der Waals surface area contributed by atoms with Crippen LogP contribution in [-0.4, -0.2) is 18.4 Å². The zero-order valence-corrected chi connectivity index (χ0v) is 11.2. The summed E-state index contributed by atoms with van der Waals surface area (Å²) in [4.78, 5) is 24.2. The molecule has 0 spiro atoms. The van der Waals surface area contributed by atoms with Crippen LogP contribution >= 0.6 is 0 Å². The fourth-order valence-electron chi connectivity index (χ4n) is 1.76. The Balaban J connectivity index is 2.86. The molecule has 3 nitrogen and oxygen atoms in total. The minimum absolute atomic E-state index is 0.0675. The van der Waals surface area contributed by atoms with E-state index in [2.05, 4.69) is 0 Å². The van der Waals surface area contributed by atoms with E-state index in [1.54, 1.807) is 24.3 Å². The second kappa shape index (κ2) is 6.94. The van der Waals surface area contributed by atoms with Crippen molar-refractivity contribution in [2.45, 2.75) is 27.2 Å². The topological polar surface area (TPSA) is 43.4 Å². The molecule has 3 heteroatoms. The largest absolute Gasteiger partial charge is 0.465 e. The van der Waals surface area contributed by atoms with Crippen molar-refractivity contribution in [1.29, 1.82) is 0 Å². The van der Waals surface area contributed by atoms with Crippen LogP contribution in [0.1, 0.15) is 37.6 Å². The minimum atomic E-state index is -0.709. The number of Topliss-reactive ketones (excluding diaryl/α,β-unsaturated/α-hetero) is 1. The summed E-state index contributed by atoms with van der Waals surface area (Å²) in [6.07, 6.45) is 0.760. The fourth-order valence-corrected chi connectivity index (χ4v) is 1.76. The molecule has 0 fully saturated rings. The van der Waals surface area contributed by atoms with Gasteiger partial charge in [0, 0.05) is 5.56 Å². The first-order chi connectivity index (χ1) is 8.57. The Labute approximate surface area is 108 Å². The maximum atomic E-state index is 12.3. The zero-order valence-electron chi connectivity index (χ0n) is 11.2. The number of hydrogen-bond donors (Lipinski definition) is 0. The van der Waals surface area contributed by atoms with Gasteiger partial charge in [0.1, 0.15) is 5.92 Å². The molecule has 0 aliphatic rings. The Bertz CT molecular complexity index is 395. The Morgan fingerprint density at radius 3 is 2.28 bits per heavy atom. The first-order valence-corrected chi connectivity index (χ1v) is 6.33. The summed E-state index contributed by atoms with van der Waals surface area (Å²) in [5.41, 5.74) is 0.560. The number of rotatable bonds is 6. The van der Waals surface area contributed by atoms with Gasteiger partial charge in [0.15, 0.2) is 5.78 Å². The standard InChI is InChI=1S/C15H20O3/c1-4-10-18-15(17)13(11(2)3)14(16)12-8-6-5-7-9-12/h5-9,11,13H,4,10H2,1-3H3. The van der Waals surface area contributed by atoms with Gasteiger partial charge < -0.3 is 4.74 Å². The van der Waals surface area contributed by atoms with Crippen LogP contribution in [0.25, 0.3) is 0 Å². The van der Waals surface area contributed by atoms with Gasteiger partial charge in [0.2, 0.25) is 0 Å². The fraction of sp³-hybridized carbons (Fsp3) is 0.467. The molecule has 0 saturated heterocycles. The number of esters is 1. The molecule has 1 rings (SSSR count). The number of ether oxygens (including phenoxy) is 1. The van der Waals surface area contributed by atoms with E-state index in [-0.39, 0.29) is 11.7 Å². The average Bonchev–Trinajstić information content (AvgIpc) is 2.37. The normalized spacial score (nSPS) is 12.2. The molecule has 18 heavy (non-hydrogen) atoms. The molecule has 1 aromatic rings. The molecule has 1 atom stereocenters. The van der Waals surface area contributed by atoms with Gasteiger partial charge in [-0.15, -0.1) is 0 Å². The predicted octanol–water partition coefficient (Wildman–Crippen LogP) is 3.09. The quantitative estimate of drug-likeness (QED) is 0.441. The summed E-state index contributed by atoms with van der Waals surface area (Å²) < 4.78 is 5.10. The highest BCUT2D eigenvalue weighted by Gasteiger charge is 2.31. The van der Waals surface area contributed by atoms with Crippen LogP contribution in [0, 0.1) is 11.8 Å². The van der Waals surface area contributed by atoms with Gasteiger partial charge >= 0.3 is 5.97 Å². The van der Waals surface area contributed by atoms with Crippen molar-refractivity contribution in [2.24, 2.45) is 11.8 Å². The van der Waals surface area contributed by atoms with Crippen molar-refractivity contribution < 1.29 is 14.3 Å². The van der Waals surface area contributed by atoms with E-state index < -0.39 is 11.9 Å². The minimum Gasteiger partial charge on any atom is -0.465 e. The average molecular weight is 248 g/mol. The Kier molecular flexibility index (Phi) is 5.56. The predicted molar refractivity (Wildman–Crippen MR) is 70.4 cm³/mol. The van der Waals surface area contributed by atoms with Gasteiger partial charge in [-0.2, -0.15) is 0 Å². The summed E-state index contributed by atoms with van der Waals surface area (Å²) in [6, 6.07) is 8.89. The monoisotopic (exact) mass is 248 g/mol. The summed E-state index contributed by atoms with van der Waals surface area (Å²) in [6.45, 7) is 6.01. The van der Waals surface area contributed by atoms with Crippen molar-refractivity contribution in [2.75, 3.05) is 6.61 Å². The molecule has 0 bridgehead atoms. The van der Waals surface area contributed by atoms with E-state index in [4.69, 9.17) is 4.74 Å². The van der Waals surface area contributed by atoms with Crippen LogP contribution in [0.2, 0.25) is 0 Å². The van der Waals surface area contributed by atoms with Crippen LogP contribution in [0.15, 0.2) is 30.3 Å². The lowest BCUT2D eigenvalue weighted by molar-refractivity contribution is -0.148. The first-order valence-electron chi connectivity index (χ1n) is 6.33. The second-order valence-corrected chi connectivity index (χ2v) is 4.62.